The van der Waals surface area contributed by atoms with Crippen LogP contribution in [-0.4, -0.2) is 0 Å². The van der Waals surface area contributed by atoms with Gasteiger partial charge in [0.2, 0.25) is 0 Å². The lowest BCUT2D eigenvalue weighted by Crippen LogP contribution is -1.87. The summed E-state index contributed by atoms with van der Waals surface area (Å²) in [4.78, 5) is 0. The summed E-state index contributed by atoms with van der Waals surface area (Å²) in [5.74, 6) is 0. The molecule has 0 bridgehead atoms. The number of aryl methyl sites for hydroxylation is 2. The van der Waals surface area contributed by atoms with E-state index < -0.39 is 0 Å². The third-order valence-corrected chi connectivity index (χ3v) is 4.05. The Labute approximate surface area is 109 Å². The molecule has 0 amide bonds. The van der Waals surface area contributed by atoms with Crippen LogP contribution in [0.3, 0.4) is 0 Å². The van der Waals surface area contributed by atoms with Gasteiger partial charge in [-0.15, -0.1) is 0 Å². The summed E-state index contributed by atoms with van der Waals surface area (Å²) < 4.78 is 1.12. The Kier molecular flexibility index (Phi) is 3.36. The highest BCUT2D eigenvalue weighted by Gasteiger charge is 2.10. The first-order valence-corrected chi connectivity index (χ1v) is 6.29. The molecule has 0 fully saturated rings. The van der Waals surface area contributed by atoms with Crippen molar-refractivity contribution in [2.45, 2.75) is 13.8 Å². The quantitative estimate of drug-likeness (QED) is 0.662. The van der Waals surface area contributed by atoms with Crippen LogP contribution in [0, 0.1) is 13.8 Å². The van der Waals surface area contributed by atoms with Crippen molar-refractivity contribution >= 4 is 27.5 Å². The van der Waals surface area contributed by atoms with Crippen LogP contribution in [0.25, 0.3) is 11.1 Å². The number of rotatable bonds is 1. The average Bonchev–Trinajstić information content (AvgIpc) is 2.24. The summed E-state index contributed by atoms with van der Waals surface area (Å²) in [6, 6.07) is 12.2. The number of hydrogen-bond donors (Lipinski definition) is 0. The molecule has 0 aliphatic heterocycles. The van der Waals surface area contributed by atoms with Crippen molar-refractivity contribution in [2.75, 3.05) is 0 Å². The lowest BCUT2D eigenvalue weighted by atomic mass is 9.99. The van der Waals surface area contributed by atoms with Crippen LogP contribution in [-0.2, 0) is 0 Å². The monoisotopic (exact) mass is 294 g/mol. The fourth-order valence-corrected chi connectivity index (χ4v) is 2.60. The number of hydrogen-bond acceptors (Lipinski definition) is 0. The van der Waals surface area contributed by atoms with E-state index >= 15 is 0 Å². The molecule has 0 radical (unpaired) electrons. The van der Waals surface area contributed by atoms with Gasteiger partial charge in [-0.2, -0.15) is 0 Å². The molecular formula is C14H12BrCl. The van der Waals surface area contributed by atoms with Crippen LogP contribution < -0.4 is 0 Å². The lowest BCUT2D eigenvalue weighted by Gasteiger charge is -2.11. The van der Waals surface area contributed by atoms with Gasteiger partial charge in [0.15, 0.2) is 0 Å². The van der Waals surface area contributed by atoms with Gasteiger partial charge in [-0.25, -0.2) is 0 Å². The summed E-state index contributed by atoms with van der Waals surface area (Å²) >= 11 is 9.89. The molecule has 0 spiro atoms. The maximum absolute atomic E-state index is 6.27. The minimum atomic E-state index is 0.798. The molecule has 0 aromatic heterocycles. The van der Waals surface area contributed by atoms with Gasteiger partial charge in [-0.1, -0.05) is 41.9 Å². The first-order chi connectivity index (χ1) is 7.61. The van der Waals surface area contributed by atoms with Crippen LogP contribution in [0.1, 0.15) is 11.1 Å². The summed E-state index contributed by atoms with van der Waals surface area (Å²) in [5.41, 5.74) is 4.68. The molecule has 0 saturated carbocycles. The Balaban J connectivity index is 2.73. The van der Waals surface area contributed by atoms with Crippen molar-refractivity contribution < 1.29 is 0 Å². The summed E-state index contributed by atoms with van der Waals surface area (Å²) in [6.07, 6.45) is 0. The van der Waals surface area contributed by atoms with E-state index in [1.165, 1.54) is 11.1 Å². The van der Waals surface area contributed by atoms with Gasteiger partial charge in [-0.3, -0.25) is 0 Å². The molecule has 0 atom stereocenters. The predicted molar refractivity (Wildman–Crippen MR) is 74.1 cm³/mol. The van der Waals surface area contributed by atoms with Crippen LogP contribution in [0.4, 0.5) is 0 Å². The maximum Gasteiger partial charge on any atom is 0.0487 e. The first kappa shape index (κ1) is 11.7. The fraction of sp³-hybridized carbons (Fsp3) is 0.143. The molecule has 0 saturated heterocycles. The molecule has 16 heavy (non-hydrogen) atoms. The van der Waals surface area contributed by atoms with E-state index in [9.17, 15) is 0 Å². The van der Waals surface area contributed by atoms with Crippen LogP contribution >= 0.6 is 27.5 Å². The molecule has 0 aliphatic rings. The van der Waals surface area contributed by atoms with Crippen molar-refractivity contribution in [2.24, 2.45) is 0 Å². The van der Waals surface area contributed by atoms with Gasteiger partial charge in [0, 0.05) is 15.1 Å². The highest BCUT2D eigenvalue weighted by atomic mass is 79.9. The van der Waals surface area contributed by atoms with E-state index in [1.54, 1.807) is 0 Å². The van der Waals surface area contributed by atoms with Crippen molar-refractivity contribution in [3.8, 4) is 11.1 Å². The van der Waals surface area contributed by atoms with E-state index in [0.717, 1.165) is 20.6 Å². The molecule has 2 heteroatoms. The molecule has 2 aromatic carbocycles. The van der Waals surface area contributed by atoms with Crippen molar-refractivity contribution in [1.82, 2.24) is 0 Å². The highest BCUT2D eigenvalue weighted by Crippen LogP contribution is 2.37. The SMILES string of the molecule is Cc1cccc(-c2c(C)cccc2Cl)c1Br. The van der Waals surface area contributed by atoms with Gasteiger partial charge in [0.25, 0.3) is 0 Å². The average molecular weight is 296 g/mol. The van der Waals surface area contributed by atoms with Gasteiger partial charge < -0.3 is 0 Å². The second-order valence-electron chi connectivity index (χ2n) is 3.87. The molecule has 2 rings (SSSR count). The minimum absolute atomic E-state index is 0.798. The Morgan fingerprint density at radius 1 is 0.938 bits per heavy atom. The molecule has 82 valence electrons. The van der Waals surface area contributed by atoms with Gasteiger partial charge >= 0.3 is 0 Å². The smallest absolute Gasteiger partial charge is 0.0487 e. The lowest BCUT2D eigenvalue weighted by molar-refractivity contribution is 1.40. The van der Waals surface area contributed by atoms with Gasteiger partial charge in [-0.05, 0) is 52.5 Å². The Morgan fingerprint density at radius 2 is 1.56 bits per heavy atom. The first-order valence-electron chi connectivity index (χ1n) is 5.12. The molecular weight excluding hydrogens is 284 g/mol. The van der Waals surface area contributed by atoms with E-state index in [4.69, 9.17) is 11.6 Å². The molecule has 0 N–H and O–H groups in total. The normalized spacial score (nSPS) is 10.5. The maximum atomic E-state index is 6.27. The second-order valence-corrected chi connectivity index (χ2v) is 5.07. The molecule has 0 aliphatic carbocycles. The third kappa shape index (κ3) is 2.02. The Bertz CT molecular complexity index is 512. The molecule has 0 heterocycles. The van der Waals surface area contributed by atoms with E-state index in [1.807, 2.05) is 12.1 Å². The molecule has 2 aromatic rings. The summed E-state index contributed by atoms with van der Waals surface area (Å²) in [6.45, 7) is 4.16. The van der Waals surface area contributed by atoms with Crippen LogP contribution in [0.15, 0.2) is 40.9 Å². The topological polar surface area (TPSA) is 0 Å². The van der Waals surface area contributed by atoms with Crippen LogP contribution in [0.2, 0.25) is 5.02 Å². The van der Waals surface area contributed by atoms with Crippen LogP contribution in [0.5, 0.6) is 0 Å². The van der Waals surface area contributed by atoms with Gasteiger partial charge in [0.05, 0.1) is 0 Å². The van der Waals surface area contributed by atoms with E-state index in [2.05, 4.69) is 54.0 Å². The van der Waals surface area contributed by atoms with Crippen molar-refractivity contribution in [3.63, 3.8) is 0 Å². The van der Waals surface area contributed by atoms with E-state index in [0.29, 0.717) is 0 Å². The number of benzene rings is 2. The fourth-order valence-electron chi connectivity index (χ4n) is 1.81. The zero-order valence-electron chi connectivity index (χ0n) is 9.22. The highest BCUT2D eigenvalue weighted by molar-refractivity contribution is 9.10. The molecule has 0 unspecified atom stereocenters. The summed E-state index contributed by atoms with van der Waals surface area (Å²) in [7, 11) is 0. The second kappa shape index (κ2) is 4.60. The number of halogens is 2. The predicted octanol–water partition coefficient (Wildman–Crippen LogP) is 5.39. The van der Waals surface area contributed by atoms with Gasteiger partial charge in [0.1, 0.15) is 0 Å². The standard InChI is InChI=1S/C14H12BrCl/c1-9-5-4-8-12(16)13(9)11-7-3-6-10(2)14(11)15/h3-8H,1-2H3. The zero-order valence-corrected chi connectivity index (χ0v) is 11.6. The largest absolute Gasteiger partial charge is 0.0837 e. The molecule has 0 nitrogen and oxygen atoms in total. The van der Waals surface area contributed by atoms with Crippen molar-refractivity contribution in [1.29, 1.82) is 0 Å². The Morgan fingerprint density at radius 3 is 2.25 bits per heavy atom. The minimum Gasteiger partial charge on any atom is -0.0837 e. The van der Waals surface area contributed by atoms with E-state index in [-0.39, 0.29) is 0 Å². The van der Waals surface area contributed by atoms with Crippen molar-refractivity contribution in [3.05, 3.63) is 57.0 Å². The summed E-state index contributed by atoms with van der Waals surface area (Å²) in [5, 5.41) is 0.798. The third-order valence-electron chi connectivity index (χ3n) is 2.68. The Hall–Kier alpha value is -0.790. The zero-order chi connectivity index (χ0) is 11.7.